The van der Waals surface area contributed by atoms with Crippen molar-refractivity contribution in [2.75, 3.05) is 25.0 Å². The fraction of sp³-hybridized carbons (Fsp3) is 0.526. The van der Waals surface area contributed by atoms with E-state index < -0.39 is 11.3 Å². The van der Waals surface area contributed by atoms with Gasteiger partial charge >= 0.3 is 0 Å². The number of nitrogens with two attached hydrogens (primary N) is 1. The number of piperidine rings is 1. The number of amides is 2. The van der Waals surface area contributed by atoms with Gasteiger partial charge in [0.1, 0.15) is 5.41 Å². The van der Waals surface area contributed by atoms with E-state index in [0.29, 0.717) is 37.3 Å². The van der Waals surface area contributed by atoms with Gasteiger partial charge in [0, 0.05) is 37.8 Å². The van der Waals surface area contributed by atoms with Crippen molar-refractivity contribution in [1.29, 1.82) is 5.26 Å². The second-order valence-electron chi connectivity index (χ2n) is 7.89. The minimum absolute atomic E-state index is 0.0346. The molecule has 2 fully saturated rings. The van der Waals surface area contributed by atoms with Gasteiger partial charge in [0.05, 0.1) is 11.8 Å². The number of carbonyl (C=O) groups is 2. The van der Waals surface area contributed by atoms with Crippen molar-refractivity contribution in [2.45, 2.75) is 32.2 Å². The molecule has 3 heterocycles. The first-order chi connectivity index (χ1) is 13.4. The summed E-state index contributed by atoms with van der Waals surface area (Å²) >= 11 is 0. The molecule has 2 aliphatic rings. The molecule has 1 saturated carbocycles. The molecule has 28 heavy (non-hydrogen) atoms. The highest BCUT2D eigenvalue weighted by Crippen LogP contribution is 2.47. The van der Waals surface area contributed by atoms with Crippen LogP contribution in [0.15, 0.2) is 12.3 Å². The Morgan fingerprint density at radius 2 is 2.18 bits per heavy atom. The molecule has 2 atom stereocenters. The molecule has 0 radical (unpaired) electrons. The highest BCUT2D eigenvalue weighted by molar-refractivity contribution is 6.04. The number of H-pyrrole nitrogens is 1. The number of nitriles is 1. The molecule has 1 saturated heterocycles. The van der Waals surface area contributed by atoms with Gasteiger partial charge in [0.25, 0.3) is 5.91 Å². The van der Waals surface area contributed by atoms with Gasteiger partial charge in [0.15, 0.2) is 11.3 Å². The van der Waals surface area contributed by atoms with Crippen molar-refractivity contribution in [3.05, 3.63) is 18.0 Å². The fourth-order valence-electron chi connectivity index (χ4n) is 4.14. The summed E-state index contributed by atoms with van der Waals surface area (Å²) in [5.41, 5.74) is 6.03. The summed E-state index contributed by atoms with van der Waals surface area (Å²) in [6.07, 6.45) is 3.84. The van der Waals surface area contributed by atoms with Gasteiger partial charge in [-0.25, -0.2) is 0 Å². The van der Waals surface area contributed by atoms with E-state index in [-0.39, 0.29) is 23.6 Å². The van der Waals surface area contributed by atoms with Crippen molar-refractivity contribution >= 4 is 28.5 Å². The first-order valence-corrected chi connectivity index (χ1v) is 9.45. The van der Waals surface area contributed by atoms with Gasteiger partial charge in [-0.3, -0.25) is 9.59 Å². The highest BCUT2D eigenvalue weighted by atomic mass is 16.2. The number of primary amides is 1. The quantitative estimate of drug-likeness (QED) is 0.813. The molecule has 2 aromatic heterocycles. The van der Waals surface area contributed by atoms with Crippen LogP contribution in [0.25, 0.3) is 11.0 Å². The average Bonchev–Trinajstić information content (AvgIpc) is 3.35. The number of fused-ring (bicyclic) bond motifs is 1. The van der Waals surface area contributed by atoms with E-state index in [9.17, 15) is 14.9 Å². The summed E-state index contributed by atoms with van der Waals surface area (Å²) in [5.74, 6) is -0.431. The molecule has 1 aliphatic heterocycles. The van der Waals surface area contributed by atoms with E-state index in [4.69, 9.17) is 5.73 Å². The maximum atomic E-state index is 12.9. The first-order valence-electron chi connectivity index (χ1n) is 9.45. The summed E-state index contributed by atoms with van der Waals surface area (Å²) < 4.78 is 0. The molecule has 9 nitrogen and oxygen atoms in total. The molecule has 1 aliphatic carbocycles. The van der Waals surface area contributed by atoms with Gasteiger partial charge in [0.2, 0.25) is 5.91 Å². The first kappa shape index (κ1) is 18.2. The summed E-state index contributed by atoms with van der Waals surface area (Å²) in [6.45, 7) is 3.27. The zero-order chi connectivity index (χ0) is 20.1. The maximum absolute atomic E-state index is 12.9. The van der Waals surface area contributed by atoms with Crippen molar-refractivity contribution in [3.63, 3.8) is 0 Å². The Bertz CT molecular complexity index is 988. The van der Waals surface area contributed by atoms with E-state index in [1.54, 1.807) is 11.1 Å². The predicted octanol–water partition coefficient (Wildman–Crippen LogP) is 1.03. The number of nitrogens with one attached hydrogen (secondary N) is 1. The number of hydrogen-bond acceptors (Lipinski definition) is 6. The van der Waals surface area contributed by atoms with Crippen LogP contribution >= 0.6 is 0 Å². The van der Waals surface area contributed by atoms with Crippen LogP contribution in [0.1, 0.15) is 36.7 Å². The Kier molecular flexibility index (Phi) is 4.22. The number of likely N-dealkylation sites (tertiary alicyclic amines) is 1. The Labute approximate surface area is 162 Å². The molecule has 2 aromatic rings. The van der Waals surface area contributed by atoms with Crippen LogP contribution in [0.5, 0.6) is 0 Å². The lowest BCUT2D eigenvalue weighted by Gasteiger charge is -2.43. The summed E-state index contributed by atoms with van der Waals surface area (Å²) in [4.78, 5) is 31.6. The molecule has 146 valence electrons. The zero-order valence-corrected chi connectivity index (χ0v) is 16.0. The number of rotatable bonds is 4. The van der Waals surface area contributed by atoms with E-state index in [1.165, 1.54) is 0 Å². The topological polar surface area (TPSA) is 132 Å². The van der Waals surface area contributed by atoms with E-state index in [0.717, 1.165) is 11.8 Å². The third-order valence-electron chi connectivity index (χ3n) is 6.12. The highest BCUT2D eigenvalue weighted by Gasteiger charge is 2.53. The number of hydrogen-bond donors (Lipinski definition) is 2. The lowest BCUT2D eigenvalue weighted by Crippen LogP contribution is -2.54. The molecule has 0 spiro atoms. The maximum Gasteiger partial charge on any atom is 0.271 e. The monoisotopic (exact) mass is 381 g/mol. The lowest BCUT2D eigenvalue weighted by molar-refractivity contribution is -0.136. The van der Waals surface area contributed by atoms with Crippen LogP contribution in [0.3, 0.4) is 0 Å². The molecular formula is C19H23N7O2. The van der Waals surface area contributed by atoms with Crippen molar-refractivity contribution in [2.24, 2.45) is 17.1 Å². The van der Waals surface area contributed by atoms with Crippen molar-refractivity contribution in [3.8, 4) is 6.07 Å². The fourth-order valence-corrected chi connectivity index (χ4v) is 4.14. The number of aromatic nitrogens is 3. The molecule has 2 amide bonds. The molecule has 2 unspecified atom stereocenters. The molecule has 3 N–H and O–H groups in total. The van der Waals surface area contributed by atoms with Crippen LogP contribution in [-0.2, 0) is 4.79 Å². The summed E-state index contributed by atoms with van der Waals surface area (Å²) in [5, 5.41) is 18.2. The van der Waals surface area contributed by atoms with Gasteiger partial charge in [-0.1, -0.05) is 6.92 Å². The number of likely N-dealkylation sites (N-methyl/N-ethyl adjacent to an activating group) is 1. The van der Waals surface area contributed by atoms with Gasteiger partial charge in [-0.05, 0) is 31.2 Å². The third-order valence-corrected chi connectivity index (χ3v) is 6.12. The normalized spacial score (nSPS) is 23.2. The van der Waals surface area contributed by atoms with Crippen LogP contribution in [0.2, 0.25) is 0 Å². The Morgan fingerprint density at radius 1 is 1.43 bits per heavy atom. The van der Waals surface area contributed by atoms with Gasteiger partial charge in [-0.2, -0.15) is 5.26 Å². The smallest absolute Gasteiger partial charge is 0.271 e. The number of anilines is 1. The number of carbonyl (C=O) groups excluding carboxylic acids is 2. The van der Waals surface area contributed by atoms with E-state index in [1.807, 2.05) is 18.0 Å². The van der Waals surface area contributed by atoms with E-state index in [2.05, 4.69) is 28.2 Å². The summed E-state index contributed by atoms with van der Waals surface area (Å²) in [7, 11) is 1.89. The zero-order valence-electron chi connectivity index (χ0n) is 16.0. The van der Waals surface area contributed by atoms with Crippen LogP contribution < -0.4 is 10.6 Å². The number of nitrogens with zero attached hydrogens (tertiary/aromatic N) is 5. The molecule has 4 rings (SSSR count). The second-order valence-corrected chi connectivity index (χ2v) is 7.89. The number of aromatic amines is 1. The van der Waals surface area contributed by atoms with Crippen LogP contribution in [-0.4, -0.2) is 58.1 Å². The Balaban J connectivity index is 1.68. The standard InChI is InChI=1S/C19H23N7O2/c1-11-4-8-26(18(28)19(10-20)5-6-19)9-13(11)25(2)15-12-3-7-22-17(12)24-23-14(15)16(21)27/h3,7,11,13H,4-6,8-9H2,1-2H3,(H2,21,27)(H,22,24). The molecule has 0 aromatic carbocycles. The van der Waals surface area contributed by atoms with Gasteiger partial charge in [-0.15, -0.1) is 10.2 Å². The van der Waals surface area contributed by atoms with Crippen LogP contribution in [0.4, 0.5) is 5.69 Å². The van der Waals surface area contributed by atoms with Crippen LogP contribution in [0, 0.1) is 22.7 Å². The Hall–Kier alpha value is -3.15. The molecule has 0 bridgehead atoms. The second kappa shape index (κ2) is 6.48. The largest absolute Gasteiger partial charge is 0.367 e. The third kappa shape index (κ3) is 2.76. The van der Waals surface area contributed by atoms with Crippen molar-refractivity contribution in [1.82, 2.24) is 20.1 Å². The lowest BCUT2D eigenvalue weighted by atomic mass is 9.90. The SMILES string of the molecule is CC1CCN(C(=O)C2(C#N)CC2)CC1N(C)c1c(C(N)=O)nnc2[nH]ccc12. The molecule has 9 heteroatoms. The minimum atomic E-state index is -0.825. The van der Waals surface area contributed by atoms with E-state index >= 15 is 0 Å². The minimum Gasteiger partial charge on any atom is -0.367 e. The summed E-state index contributed by atoms with van der Waals surface area (Å²) in [6, 6.07) is 4.00. The predicted molar refractivity (Wildman–Crippen MR) is 102 cm³/mol. The average molecular weight is 381 g/mol. The van der Waals surface area contributed by atoms with Crippen molar-refractivity contribution < 1.29 is 9.59 Å². The van der Waals surface area contributed by atoms with Gasteiger partial charge < -0.3 is 20.5 Å². The Morgan fingerprint density at radius 3 is 2.82 bits per heavy atom. The molecular weight excluding hydrogens is 358 g/mol.